The second-order valence-electron chi connectivity index (χ2n) is 3.09. The number of nitrogens with one attached hydrogen (secondary N) is 1. The minimum absolute atomic E-state index is 0.0645. The third kappa shape index (κ3) is 4.62. The van der Waals surface area contributed by atoms with E-state index in [-0.39, 0.29) is 24.3 Å². The van der Waals surface area contributed by atoms with Crippen LogP contribution in [0.2, 0.25) is 0 Å². The van der Waals surface area contributed by atoms with Crippen molar-refractivity contribution < 1.29 is 9.90 Å². The standard InChI is InChI=1S/C8H17NO2S/c1-6(2)7(3-4-10)9-8(11)5-12/h6-7,10,12H,3-5H2,1-2H3,(H,9,11). The van der Waals surface area contributed by atoms with Gasteiger partial charge in [0.1, 0.15) is 0 Å². The smallest absolute Gasteiger partial charge is 0.229 e. The highest BCUT2D eigenvalue weighted by Crippen LogP contribution is 2.05. The predicted molar refractivity (Wildman–Crippen MR) is 52.3 cm³/mol. The molecule has 1 amide bonds. The highest BCUT2D eigenvalue weighted by atomic mass is 32.1. The Morgan fingerprint density at radius 1 is 1.58 bits per heavy atom. The molecule has 0 spiro atoms. The lowest BCUT2D eigenvalue weighted by Gasteiger charge is -2.20. The van der Waals surface area contributed by atoms with Crippen molar-refractivity contribution in [2.24, 2.45) is 5.92 Å². The molecule has 0 radical (unpaired) electrons. The van der Waals surface area contributed by atoms with Gasteiger partial charge in [-0.15, -0.1) is 0 Å². The number of thiol groups is 1. The fraction of sp³-hybridized carbons (Fsp3) is 0.875. The van der Waals surface area contributed by atoms with Gasteiger partial charge in [-0.2, -0.15) is 12.6 Å². The summed E-state index contributed by atoms with van der Waals surface area (Å²) in [7, 11) is 0. The maximum absolute atomic E-state index is 10.9. The molecule has 0 saturated heterocycles. The largest absolute Gasteiger partial charge is 0.396 e. The van der Waals surface area contributed by atoms with E-state index in [1.165, 1.54) is 0 Å². The normalized spacial score (nSPS) is 13.1. The number of aliphatic hydroxyl groups excluding tert-OH is 1. The third-order valence-corrected chi connectivity index (χ3v) is 2.02. The van der Waals surface area contributed by atoms with E-state index < -0.39 is 0 Å². The number of hydrogen-bond donors (Lipinski definition) is 3. The molecule has 2 N–H and O–H groups in total. The molecule has 1 unspecified atom stereocenters. The number of carbonyl (C=O) groups excluding carboxylic acids is 1. The van der Waals surface area contributed by atoms with Gasteiger partial charge in [0.25, 0.3) is 0 Å². The van der Waals surface area contributed by atoms with E-state index in [9.17, 15) is 4.79 Å². The van der Waals surface area contributed by atoms with E-state index in [2.05, 4.69) is 17.9 Å². The first-order chi connectivity index (χ1) is 5.61. The lowest BCUT2D eigenvalue weighted by atomic mass is 10.0. The number of amides is 1. The molecule has 0 aliphatic heterocycles. The van der Waals surface area contributed by atoms with Crippen LogP contribution in [0.4, 0.5) is 0 Å². The van der Waals surface area contributed by atoms with Gasteiger partial charge in [-0.3, -0.25) is 4.79 Å². The Morgan fingerprint density at radius 3 is 2.50 bits per heavy atom. The zero-order valence-electron chi connectivity index (χ0n) is 7.58. The van der Waals surface area contributed by atoms with Gasteiger partial charge in [0, 0.05) is 12.6 Å². The average Bonchev–Trinajstić information content (AvgIpc) is 2.03. The molecule has 72 valence electrons. The number of carbonyl (C=O) groups is 1. The van der Waals surface area contributed by atoms with Gasteiger partial charge < -0.3 is 10.4 Å². The summed E-state index contributed by atoms with van der Waals surface area (Å²) in [6, 6.07) is 0.0645. The maximum Gasteiger partial charge on any atom is 0.229 e. The highest BCUT2D eigenvalue weighted by molar-refractivity contribution is 7.81. The fourth-order valence-corrected chi connectivity index (χ4v) is 1.05. The Balaban J connectivity index is 3.86. The summed E-state index contributed by atoms with van der Waals surface area (Å²) < 4.78 is 0. The molecular weight excluding hydrogens is 174 g/mol. The van der Waals surface area contributed by atoms with Crippen LogP contribution in [0.5, 0.6) is 0 Å². The minimum Gasteiger partial charge on any atom is -0.396 e. The second kappa shape index (κ2) is 6.31. The Kier molecular flexibility index (Phi) is 6.20. The molecule has 0 fully saturated rings. The van der Waals surface area contributed by atoms with Crippen molar-refractivity contribution in [2.75, 3.05) is 12.4 Å². The number of rotatable bonds is 5. The molecule has 0 aliphatic rings. The Bertz CT molecular complexity index is 139. The zero-order chi connectivity index (χ0) is 9.56. The third-order valence-electron chi connectivity index (χ3n) is 1.73. The predicted octanol–water partition coefficient (Wildman–Crippen LogP) is 0.439. The summed E-state index contributed by atoms with van der Waals surface area (Å²) >= 11 is 3.85. The van der Waals surface area contributed by atoms with E-state index in [4.69, 9.17) is 5.11 Å². The van der Waals surface area contributed by atoms with Crippen molar-refractivity contribution in [3.8, 4) is 0 Å². The minimum atomic E-state index is -0.0783. The highest BCUT2D eigenvalue weighted by Gasteiger charge is 2.14. The summed E-state index contributed by atoms with van der Waals surface area (Å²) in [5, 5.41) is 11.5. The summed E-state index contributed by atoms with van der Waals surface area (Å²) in [4.78, 5) is 10.9. The first-order valence-corrected chi connectivity index (χ1v) is 4.76. The van der Waals surface area contributed by atoms with Crippen LogP contribution in [0.1, 0.15) is 20.3 Å². The molecule has 0 aromatic rings. The maximum atomic E-state index is 10.9. The van der Waals surface area contributed by atoms with Gasteiger partial charge in [0.05, 0.1) is 5.75 Å². The molecule has 0 aliphatic carbocycles. The molecular formula is C8H17NO2S. The molecule has 0 bridgehead atoms. The van der Waals surface area contributed by atoms with Crippen LogP contribution in [0.15, 0.2) is 0 Å². The van der Waals surface area contributed by atoms with Crippen molar-refractivity contribution in [1.29, 1.82) is 0 Å². The SMILES string of the molecule is CC(C)C(CCO)NC(=O)CS. The van der Waals surface area contributed by atoms with Gasteiger partial charge in [-0.25, -0.2) is 0 Å². The summed E-state index contributed by atoms with van der Waals surface area (Å²) in [6.07, 6.45) is 0.608. The summed E-state index contributed by atoms with van der Waals surface area (Å²) in [5.74, 6) is 0.473. The molecule has 0 aromatic carbocycles. The molecule has 1 atom stereocenters. The van der Waals surface area contributed by atoms with Crippen molar-refractivity contribution in [2.45, 2.75) is 26.3 Å². The first kappa shape index (κ1) is 11.8. The van der Waals surface area contributed by atoms with Crippen LogP contribution >= 0.6 is 12.6 Å². The zero-order valence-corrected chi connectivity index (χ0v) is 8.47. The molecule has 0 saturated carbocycles. The van der Waals surface area contributed by atoms with Crippen LogP contribution in [0, 0.1) is 5.92 Å². The van der Waals surface area contributed by atoms with Crippen LogP contribution in [-0.4, -0.2) is 29.4 Å². The van der Waals surface area contributed by atoms with E-state index in [0.29, 0.717) is 12.3 Å². The summed E-state index contributed by atoms with van der Waals surface area (Å²) in [5.41, 5.74) is 0. The van der Waals surface area contributed by atoms with Crippen molar-refractivity contribution in [3.05, 3.63) is 0 Å². The number of aliphatic hydroxyl groups is 1. The monoisotopic (exact) mass is 191 g/mol. The quantitative estimate of drug-likeness (QED) is 0.552. The van der Waals surface area contributed by atoms with E-state index in [1.54, 1.807) is 0 Å². The Morgan fingerprint density at radius 2 is 2.17 bits per heavy atom. The van der Waals surface area contributed by atoms with E-state index in [1.807, 2.05) is 13.8 Å². The van der Waals surface area contributed by atoms with Gasteiger partial charge in [-0.05, 0) is 12.3 Å². The van der Waals surface area contributed by atoms with Gasteiger partial charge in [-0.1, -0.05) is 13.8 Å². The van der Waals surface area contributed by atoms with Crippen molar-refractivity contribution in [3.63, 3.8) is 0 Å². The molecule has 0 heterocycles. The van der Waals surface area contributed by atoms with Gasteiger partial charge >= 0.3 is 0 Å². The van der Waals surface area contributed by atoms with Gasteiger partial charge in [0.2, 0.25) is 5.91 Å². The lowest BCUT2D eigenvalue weighted by molar-refractivity contribution is -0.119. The van der Waals surface area contributed by atoms with Crippen molar-refractivity contribution in [1.82, 2.24) is 5.32 Å². The van der Waals surface area contributed by atoms with Crippen LogP contribution in [0.3, 0.4) is 0 Å². The molecule has 0 aromatic heterocycles. The molecule has 3 nitrogen and oxygen atoms in total. The topological polar surface area (TPSA) is 49.3 Å². The van der Waals surface area contributed by atoms with Crippen LogP contribution in [-0.2, 0) is 4.79 Å². The first-order valence-electron chi connectivity index (χ1n) is 4.13. The lowest BCUT2D eigenvalue weighted by Crippen LogP contribution is -2.39. The van der Waals surface area contributed by atoms with Crippen LogP contribution < -0.4 is 5.32 Å². The molecule has 4 heteroatoms. The summed E-state index contributed by atoms with van der Waals surface area (Å²) in [6.45, 7) is 4.13. The van der Waals surface area contributed by atoms with Crippen LogP contribution in [0.25, 0.3) is 0 Å². The molecule has 0 rings (SSSR count). The molecule has 12 heavy (non-hydrogen) atoms. The van der Waals surface area contributed by atoms with Crippen molar-refractivity contribution >= 4 is 18.5 Å². The Labute approximate surface area is 79.0 Å². The van der Waals surface area contributed by atoms with E-state index >= 15 is 0 Å². The van der Waals surface area contributed by atoms with Gasteiger partial charge in [0.15, 0.2) is 0 Å². The fourth-order valence-electron chi connectivity index (χ4n) is 0.964. The van der Waals surface area contributed by atoms with E-state index in [0.717, 1.165) is 0 Å². The average molecular weight is 191 g/mol. The second-order valence-corrected chi connectivity index (χ2v) is 3.40. The number of hydrogen-bond acceptors (Lipinski definition) is 3. The Hall–Kier alpha value is -0.220.